The van der Waals surface area contributed by atoms with E-state index >= 15 is 0 Å². The zero-order valence-electron chi connectivity index (χ0n) is 7.65. The second kappa shape index (κ2) is 3.22. The second-order valence-electron chi connectivity index (χ2n) is 3.84. The van der Waals surface area contributed by atoms with E-state index in [4.69, 9.17) is 0 Å². The summed E-state index contributed by atoms with van der Waals surface area (Å²) in [6.45, 7) is 5.51. The van der Waals surface area contributed by atoms with Gasteiger partial charge in [-0.05, 0) is 24.5 Å². The van der Waals surface area contributed by atoms with E-state index in [-0.39, 0.29) is 0 Å². The van der Waals surface area contributed by atoms with Gasteiger partial charge in [-0.15, -0.1) is 0 Å². The predicted octanol–water partition coefficient (Wildman–Crippen LogP) is 2.12. The van der Waals surface area contributed by atoms with Gasteiger partial charge in [0.15, 0.2) is 0 Å². The third-order valence-electron chi connectivity index (χ3n) is 2.02. The largest absolute Gasteiger partial charge is 0.316 e. The second-order valence-corrected chi connectivity index (χ2v) is 3.84. The van der Waals surface area contributed by atoms with Gasteiger partial charge in [0, 0.05) is 6.54 Å². The van der Waals surface area contributed by atoms with Gasteiger partial charge in [0.2, 0.25) is 0 Å². The molecule has 0 heterocycles. The summed E-state index contributed by atoms with van der Waals surface area (Å²) < 4.78 is 0. The molecular formula is C10H17N. The van der Waals surface area contributed by atoms with Crippen LogP contribution in [0.3, 0.4) is 0 Å². The lowest BCUT2D eigenvalue weighted by Crippen LogP contribution is -2.14. The van der Waals surface area contributed by atoms with Crippen LogP contribution >= 0.6 is 0 Å². The maximum atomic E-state index is 3.15. The lowest BCUT2D eigenvalue weighted by molar-refractivity contribution is 0.481. The van der Waals surface area contributed by atoms with E-state index in [1.165, 1.54) is 12.0 Å². The molecule has 0 saturated heterocycles. The van der Waals surface area contributed by atoms with Crippen LogP contribution in [0.1, 0.15) is 20.3 Å². The average Bonchev–Trinajstić information content (AvgIpc) is 1.94. The summed E-state index contributed by atoms with van der Waals surface area (Å²) in [5.41, 5.74) is 1.78. The van der Waals surface area contributed by atoms with Gasteiger partial charge >= 0.3 is 0 Å². The molecule has 0 aromatic heterocycles. The Morgan fingerprint density at radius 1 is 1.55 bits per heavy atom. The molecular weight excluding hydrogens is 134 g/mol. The number of hydrogen-bond acceptors (Lipinski definition) is 1. The van der Waals surface area contributed by atoms with Crippen molar-refractivity contribution in [1.82, 2.24) is 5.32 Å². The van der Waals surface area contributed by atoms with Crippen LogP contribution in [-0.2, 0) is 0 Å². The molecule has 0 spiro atoms. The summed E-state index contributed by atoms with van der Waals surface area (Å²) >= 11 is 0. The van der Waals surface area contributed by atoms with E-state index in [0.29, 0.717) is 5.41 Å². The Balaban J connectivity index is 2.53. The molecule has 0 bridgehead atoms. The van der Waals surface area contributed by atoms with Crippen LogP contribution < -0.4 is 5.32 Å². The Labute approximate surface area is 69.2 Å². The summed E-state index contributed by atoms with van der Waals surface area (Å²) in [5.74, 6) is 0. The molecule has 1 rings (SSSR count). The summed E-state index contributed by atoms with van der Waals surface area (Å²) in [7, 11) is 1.98. The SMILES string of the molecule is CNCC1=CCC(C)(C)C=C1. The summed E-state index contributed by atoms with van der Waals surface area (Å²) in [6.07, 6.45) is 8.00. The number of nitrogens with one attached hydrogen (secondary N) is 1. The molecule has 0 saturated carbocycles. The minimum Gasteiger partial charge on any atom is -0.316 e. The highest BCUT2D eigenvalue weighted by Gasteiger charge is 2.14. The predicted molar refractivity (Wildman–Crippen MR) is 49.5 cm³/mol. The normalized spacial score (nSPS) is 21.5. The van der Waals surface area contributed by atoms with E-state index in [1.54, 1.807) is 0 Å². The highest BCUT2D eigenvalue weighted by atomic mass is 14.8. The number of hydrogen-bond donors (Lipinski definition) is 1. The van der Waals surface area contributed by atoms with Crippen LogP contribution in [0.5, 0.6) is 0 Å². The first-order valence-corrected chi connectivity index (χ1v) is 4.17. The Morgan fingerprint density at radius 2 is 2.27 bits per heavy atom. The van der Waals surface area contributed by atoms with Gasteiger partial charge in [-0.25, -0.2) is 0 Å². The van der Waals surface area contributed by atoms with E-state index in [9.17, 15) is 0 Å². The molecule has 0 fully saturated rings. The van der Waals surface area contributed by atoms with E-state index in [0.717, 1.165) is 6.54 Å². The van der Waals surface area contributed by atoms with Gasteiger partial charge in [-0.1, -0.05) is 32.1 Å². The van der Waals surface area contributed by atoms with Crippen molar-refractivity contribution in [3.05, 3.63) is 23.8 Å². The van der Waals surface area contributed by atoms with Crippen molar-refractivity contribution in [1.29, 1.82) is 0 Å². The topological polar surface area (TPSA) is 12.0 Å². The summed E-state index contributed by atoms with van der Waals surface area (Å²) in [4.78, 5) is 0. The van der Waals surface area contributed by atoms with Crippen LogP contribution in [0.15, 0.2) is 23.8 Å². The van der Waals surface area contributed by atoms with Crippen molar-refractivity contribution < 1.29 is 0 Å². The molecule has 11 heavy (non-hydrogen) atoms. The average molecular weight is 151 g/mol. The van der Waals surface area contributed by atoms with Gasteiger partial charge in [-0.3, -0.25) is 0 Å². The minimum absolute atomic E-state index is 0.372. The monoisotopic (exact) mass is 151 g/mol. The Bertz CT molecular complexity index is 187. The van der Waals surface area contributed by atoms with Gasteiger partial charge in [0.1, 0.15) is 0 Å². The van der Waals surface area contributed by atoms with Crippen molar-refractivity contribution in [2.24, 2.45) is 5.41 Å². The molecule has 0 aliphatic heterocycles. The molecule has 62 valence electrons. The maximum Gasteiger partial charge on any atom is 0.0199 e. The third-order valence-corrected chi connectivity index (χ3v) is 2.02. The molecule has 0 aromatic rings. The molecule has 0 radical (unpaired) electrons. The minimum atomic E-state index is 0.372. The van der Waals surface area contributed by atoms with Crippen molar-refractivity contribution >= 4 is 0 Å². The van der Waals surface area contributed by atoms with Gasteiger partial charge < -0.3 is 5.32 Å². The molecule has 1 N–H and O–H groups in total. The number of likely N-dealkylation sites (N-methyl/N-ethyl adjacent to an activating group) is 1. The van der Waals surface area contributed by atoms with E-state index < -0.39 is 0 Å². The van der Waals surface area contributed by atoms with Gasteiger partial charge in [0.25, 0.3) is 0 Å². The molecule has 0 aromatic carbocycles. The maximum absolute atomic E-state index is 3.15. The molecule has 1 aliphatic rings. The fraction of sp³-hybridized carbons (Fsp3) is 0.600. The van der Waals surface area contributed by atoms with E-state index in [1.807, 2.05) is 7.05 Å². The fourth-order valence-electron chi connectivity index (χ4n) is 1.20. The standard InChI is InChI=1S/C10H17N/c1-10(2)6-4-9(5-7-10)8-11-3/h4-6,11H,7-8H2,1-3H3. The highest BCUT2D eigenvalue weighted by molar-refractivity contribution is 5.26. The molecule has 1 nitrogen and oxygen atoms in total. The van der Waals surface area contributed by atoms with Crippen molar-refractivity contribution in [3.8, 4) is 0 Å². The molecule has 0 unspecified atom stereocenters. The molecule has 1 aliphatic carbocycles. The highest BCUT2D eigenvalue weighted by Crippen LogP contribution is 2.27. The fourth-order valence-corrected chi connectivity index (χ4v) is 1.20. The number of rotatable bonds is 2. The van der Waals surface area contributed by atoms with Crippen molar-refractivity contribution in [2.45, 2.75) is 20.3 Å². The molecule has 0 atom stereocenters. The van der Waals surface area contributed by atoms with Crippen molar-refractivity contribution in [3.63, 3.8) is 0 Å². The van der Waals surface area contributed by atoms with Gasteiger partial charge in [0.05, 0.1) is 0 Å². The van der Waals surface area contributed by atoms with Crippen LogP contribution in [0, 0.1) is 5.41 Å². The van der Waals surface area contributed by atoms with Crippen LogP contribution in [0.25, 0.3) is 0 Å². The van der Waals surface area contributed by atoms with Crippen molar-refractivity contribution in [2.75, 3.05) is 13.6 Å². The lowest BCUT2D eigenvalue weighted by atomic mass is 9.84. The molecule has 1 heteroatoms. The lowest BCUT2D eigenvalue weighted by Gasteiger charge is -2.22. The van der Waals surface area contributed by atoms with Crippen LogP contribution in [0.2, 0.25) is 0 Å². The quantitative estimate of drug-likeness (QED) is 0.637. The Kier molecular flexibility index (Phi) is 2.50. The number of allylic oxidation sites excluding steroid dienone is 2. The van der Waals surface area contributed by atoms with E-state index in [2.05, 4.69) is 37.4 Å². The Morgan fingerprint density at radius 3 is 2.73 bits per heavy atom. The third kappa shape index (κ3) is 2.51. The van der Waals surface area contributed by atoms with Crippen LogP contribution in [-0.4, -0.2) is 13.6 Å². The first-order chi connectivity index (χ1) is 5.14. The molecule has 0 amide bonds. The smallest absolute Gasteiger partial charge is 0.0199 e. The zero-order valence-corrected chi connectivity index (χ0v) is 7.65. The Hall–Kier alpha value is -0.560. The first kappa shape index (κ1) is 8.54. The van der Waals surface area contributed by atoms with Crippen LogP contribution in [0.4, 0.5) is 0 Å². The van der Waals surface area contributed by atoms with Gasteiger partial charge in [-0.2, -0.15) is 0 Å². The summed E-state index contributed by atoms with van der Waals surface area (Å²) in [6, 6.07) is 0. The zero-order chi connectivity index (χ0) is 8.32. The summed E-state index contributed by atoms with van der Waals surface area (Å²) in [5, 5.41) is 3.15. The first-order valence-electron chi connectivity index (χ1n) is 4.17.